The lowest BCUT2D eigenvalue weighted by Crippen LogP contribution is -2.02. The number of phenolic OH excluding ortho intramolecular Hbond substituents is 1. The van der Waals surface area contributed by atoms with Crippen LogP contribution in [-0.2, 0) is 6.54 Å². The van der Waals surface area contributed by atoms with Gasteiger partial charge in [-0.1, -0.05) is 0 Å². The van der Waals surface area contributed by atoms with Crippen molar-refractivity contribution in [2.75, 3.05) is 11.1 Å². The van der Waals surface area contributed by atoms with E-state index in [0.717, 1.165) is 21.6 Å². The monoisotopic (exact) mass is 272 g/mol. The highest BCUT2D eigenvalue weighted by Gasteiger charge is 2.06. The molecule has 0 aliphatic carbocycles. The Morgan fingerprint density at radius 1 is 1.26 bits per heavy atom. The SMILES string of the molecule is Nc1ccc(O)c(CNc2ncnc3sccc23)c1. The molecule has 0 saturated heterocycles. The van der Waals surface area contributed by atoms with Gasteiger partial charge in [0.1, 0.15) is 22.7 Å². The number of hydrogen-bond donors (Lipinski definition) is 3. The normalized spacial score (nSPS) is 10.7. The first-order valence-electron chi connectivity index (χ1n) is 5.73. The summed E-state index contributed by atoms with van der Waals surface area (Å²) in [5.74, 6) is 0.977. The molecule has 0 atom stereocenters. The van der Waals surface area contributed by atoms with E-state index in [0.29, 0.717) is 12.2 Å². The van der Waals surface area contributed by atoms with Gasteiger partial charge in [0.2, 0.25) is 0 Å². The molecule has 0 amide bonds. The van der Waals surface area contributed by atoms with E-state index in [1.807, 2.05) is 11.4 Å². The van der Waals surface area contributed by atoms with E-state index < -0.39 is 0 Å². The van der Waals surface area contributed by atoms with Crippen LogP contribution in [0.15, 0.2) is 36.0 Å². The molecule has 96 valence electrons. The minimum Gasteiger partial charge on any atom is -0.508 e. The highest BCUT2D eigenvalue weighted by atomic mass is 32.1. The lowest BCUT2D eigenvalue weighted by molar-refractivity contribution is 0.469. The predicted molar refractivity (Wildman–Crippen MR) is 77.3 cm³/mol. The van der Waals surface area contributed by atoms with Crippen LogP contribution in [0.25, 0.3) is 10.2 Å². The fourth-order valence-corrected chi connectivity index (χ4v) is 2.59. The Morgan fingerprint density at radius 3 is 3.05 bits per heavy atom. The zero-order chi connectivity index (χ0) is 13.2. The third-order valence-corrected chi connectivity index (χ3v) is 3.63. The van der Waals surface area contributed by atoms with Crippen LogP contribution in [0.5, 0.6) is 5.75 Å². The molecule has 0 aliphatic heterocycles. The van der Waals surface area contributed by atoms with Crippen LogP contribution in [0.1, 0.15) is 5.56 Å². The van der Waals surface area contributed by atoms with Crippen LogP contribution in [-0.4, -0.2) is 15.1 Å². The summed E-state index contributed by atoms with van der Waals surface area (Å²) in [5.41, 5.74) is 7.07. The lowest BCUT2D eigenvalue weighted by Gasteiger charge is -2.08. The zero-order valence-electron chi connectivity index (χ0n) is 10.00. The van der Waals surface area contributed by atoms with Gasteiger partial charge in [-0.3, -0.25) is 0 Å². The smallest absolute Gasteiger partial charge is 0.138 e. The molecule has 2 aromatic heterocycles. The van der Waals surface area contributed by atoms with Crippen molar-refractivity contribution in [1.29, 1.82) is 0 Å². The number of anilines is 2. The average molecular weight is 272 g/mol. The molecular formula is C13H12N4OS. The molecule has 0 spiro atoms. The van der Waals surface area contributed by atoms with Crippen LogP contribution in [0, 0.1) is 0 Å². The van der Waals surface area contributed by atoms with Crippen molar-refractivity contribution in [3.63, 3.8) is 0 Å². The second-order valence-electron chi connectivity index (χ2n) is 4.10. The third-order valence-electron chi connectivity index (χ3n) is 2.81. The van der Waals surface area contributed by atoms with Gasteiger partial charge < -0.3 is 16.2 Å². The molecule has 0 fully saturated rings. The number of hydrogen-bond acceptors (Lipinski definition) is 6. The van der Waals surface area contributed by atoms with Gasteiger partial charge in [-0.05, 0) is 29.6 Å². The molecule has 0 saturated carbocycles. The summed E-state index contributed by atoms with van der Waals surface area (Å²) in [6, 6.07) is 6.98. The fraction of sp³-hybridized carbons (Fsp3) is 0.0769. The summed E-state index contributed by atoms with van der Waals surface area (Å²) in [7, 11) is 0. The molecule has 0 unspecified atom stereocenters. The molecule has 3 aromatic rings. The summed E-state index contributed by atoms with van der Waals surface area (Å²) >= 11 is 1.57. The number of nitrogens with two attached hydrogens (primary N) is 1. The summed E-state index contributed by atoms with van der Waals surface area (Å²) in [5, 5.41) is 15.9. The number of aromatic nitrogens is 2. The Morgan fingerprint density at radius 2 is 2.16 bits per heavy atom. The Balaban J connectivity index is 1.86. The van der Waals surface area contributed by atoms with E-state index in [9.17, 15) is 5.11 Å². The van der Waals surface area contributed by atoms with Gasteiger partial charge in [0.05, 0.1) is 5.39 Å². The van der Waals surface area contributed by atoms with Crippen molar-refractivity contribution in [2.24, 2.45) is 0 Å². The number of rotatable bonds is 3. The summed E-state index contributed by atoms with van der Waals surface area (Å²) in [6.45, 7) is 0.457. The van der Waals surface area contributed by atoms with Crippen molar-refractivity contribution < 1.29 is 5.11 Å². The molecule has 6 heteroatoms. The molecule has 2 heterocycles. The fourth-order valence-electron chi connectivity index (χ4n) is 1.86. The van der Waals surface area contributed by atoms with Crippen molar-refractivity contribution in [2.45, 2.75) is 6.54 Å². The Bertz CT molecular complexity index is 725. The number of thiophene rings is 1. The van der Waals surface area contributed by atoms with Gasteiger partial charge in [-0.15, -0.1) is 11.3 Å². The van der Waals surface area contributed by atoms with Crippen LogP contribution in [0.2, 0.25) is 0 Å². The van der Waals surface area contributed by atoms with Crippen molar-refractivity contribution in [3.05, 3.63) is 41.5 Å². The highest BCUT2D eigenvalue weighted by molar-refractivity contribution is 7.16. The van der Waals surface area contributed by atoms with Crippen molar-refractivity contribution in [3.8, 4) is 5.75 Å². The molecular weight excluding hydrogens is 260 g/mol. The summed E-state index contributed by atoms with van der Waals surface area (Å²) in [4.78, 5) is 9.34. The van der Waals surface area contributed by atoms with Gasteiger partial charge in [0, 0.05) is 17.8 Å². The van der Waals surface area contributed by atoms with E-state index in [2.05, 4.69) is 15.3 Å². The maximum atomic E-state index is 9.76. The number of nitrogens with one attached hydrogen (secondary N) is 1. The maximum Gasteiger partial charge on any atom is 0.138 e. The first-order valence-corrected chi connectivity index (χ1v) is 6.61. The molecule has 0 radical (unpaired) electrons. The van der Waals surface area contributed by atoms with Crippen molar-refractivity contribution in [1.82, 2.24) is 9.97 Å². The quantitative estimate of drug-likeness (QED) is 0.504. The number of fused-ring (bicyclic) bond motifs is 1. The molecule has 0 bridgehead atoms. The molecule has 1 aromatic carbocycles. The second kappa shape index (κ2) is 4.74. The van der Waals surface area contributed by atoms with Crippen LogP contribution < -0.4 is 11.1 Å². The first-order chi connectivity index (χ1) is 9.24. The second-order valence-corrected chi connectivity index (χ2v) is 5.00. The van der Waals surface area contributed by atoms with E-state index >= 15 is 0 Å². The topological polar surface area (TPSA) is 84.1 Å². The first kappa shape index (κ1) is 11.7. The largest absolute Gasteiger partial charge is 0.508 e. The zero-order valence-corrected chi connectivity index (χ0v) is 10.8. The van der Waals surface area contributed by atoms with Gasteiger partial charge in [-0.2, -0.15) is 0 Å². The summed E-state index contributed by atoms with van der Waals surface area (Å²) in [6.07, 6.45) is 1.53. The average Bonchev–Trinajstić information content (AvgIpc) is 2.88. The number of benzene rings is 1. The highest BCUT2D eigenvalue weighted by Crippen LogP contribution is 2.25. The molecule has 0 aliphatic rings. The number of aromatic hydroxyl groups is 1. The van der Waals surface area contributed by atoms with Gasteiger partial charge in [-0.25, -0.2) is 9.97 Å². The van der Waals surface area contributed by atoms with Crippen molar-refractivity contribution >= 4 is 33.1 Å². The van der Waals surface area contributed by atoms with Gasteiger partial charge in [0.25, 0.3) is 0 Å². The number of nitrogen functional groups attached to an aromatic ring is 1. The number of nitrogens with zero attached hydrogens (tertiary/aromatic N) is 2. The lowest BCUT2D eigenvalue weighted by atomic mass is 10.2. The number of phenols is 1. The molecule has 3 rings (SSSR count). The minimum atomic E-state index is 0.220. The standard InChI is InChI=1S/C13H12N4OS/c14-9-1-2-11(18)8(5-9)6-15-12-10-3-4-19-13(10)17-7-16-12/h1-5,7,18H,6,14H2,(H,15,16,17). The predicted octanol–water partition coefficient (Wildman–Crippen LogP) is 2.59. The Kier molecular flexibility index (Phi) is 2.92. The Labute approximate surface area is 113 Å². The van der Waals surface area contributed by atoms with Gasteiger partial charge >= 0.3 is 0 Å². The van der Waals surface area contributed by atoms with E-state index in [1.165, 1.54) is 6.33 Å². The van der Waals surface area contributed by atoms with E-state index in [4.69, 9.17) is 5.73 Å². The molecule has 5 nitrogen and oxygen atoms in total. The maximum absolute atomic E-state index is 9.76. The third kappa shape index (κ3) is 2.30. The Hall–Kier alpha value is -2.34. The molecule has 19 heavy (non-hydrogen) atoms. The van der Waals surface area contributed by atoms with Crippen LogP contribution in [0.4, 0.5) is 11.5 Å². The van der Waals surface area contributed by atoms with E-state index in [1.54, 1.807) is 29.5 Å². The van der Waals surface area contributed by atoms with E-state index in [-0.39, 0.29) is 5.75 Å². The molecule has 4 N–H and O–H groups in total. The van der Waals surface area contributed by atoms with Crippen LogP contribution in [0.3, 0.4) is 0 Å². The minimum absolute atomic E-state index is 0.220. The van der Waals surface area contributed by atoms with Gasteiger partial charge in [0.15, 0.2) is 0 Å². The summed E-state index contributed by atoms with van der Waals surface area (Å²) < 4.78 is 0. The van der Waals surface area contributed by atoms with Crippen LogP contribution >= 0.6 is 11.3 Å².